The van der Waals surface area contributed by atoms with Gasteiger partial charge in [-0.3, -0.25) is 14.5 Å². The number of ether oxygens (including phenoxy) is 7. The van der Waals surface area contributed by atoms with Crippen LogP contribution in [0.4, 0.5) is 4.79 Å². The molecule has 0 radical (unpaired) electrons. The Hall–Kier alpha value is -2.87. The summed E-state index contributed by atoms with van der Waals surface area (Å²) in [5.74, 6) is -0.620. The lowest BCUT2D eigenvalue weighted by Gasteiger charge is -2.13. The zero-order chi connectivity index (χ0) is 27.1. The van der Waals surface area contributed by atoms with Crippen molar-refractivity contribution in [2.75, 3.05) is 92.4 Å². The summed E-state index contributed by atoms with van der Waals surface area (Å²) in [4.78, 5) is 35.5. The molecule has 0 aromatic heterocycles. The first-order valence-corrected chi connectivity index (χ1v) is 12.6. The molecule has 38 heavy (non-hydrogen) atoms. The Kier molecular flexibility index (Phi) is 17.4. The normalized spacial score (nSPS) is 12.9. The van der Waals surface area contributed by atoms with E-state index in [1.807, 2.05) is 30.3 Å². The summed E-state index contributed by atoms with van der Waals surface area (Å²) >= 11 is 0. The number of imide groups is 1. The molecular formula is C26H38N2O10. The van der Waals surface area contributed by atoms with E-state index in [1.54, 1.807) is 0 Å². The zero-order valence-electron chi connectivity index (χ0n) is 21.7. The summed E-state index contributed by atoms with van der Waals surface area (Å²) in [6.07, 6.45) is 2.02. The maximum atomic E-state index is 11.6. The molecule has 1 aliphatic heterocycles. The van der Waals surface area contributed by atoms with Gasteiger partial charge in [-0.15, -0.1) is 0 Å². The highest BCUT2D eigenvalue weighted by atomic mass is 16.6. The van der Waals surface area contributed by atoms with E-state index in [4.69, 9.17) is 33.2 Å². The first kappa shape index (κ1) is 31.3. The van der Waals surface area contributed by atoms with Crippen LogP contribution in [0.5, 0.6) is 0 Å². The number of benzene rings is 1. The van der Waals surface area contributed by atoms with E-state index in [2.05, 4.69) is 5.32 Å². The van der Waals surface area contributed by atoms with Gasteiger partial charge in [-0.25, -0.2) is 4.79 Å². The Bertz CT molecular complexity index is 804. The fourth-order valence-corrected chi connectivity index (χ4v) is 3.01. The minimum atomic E-state index is -0.477. The monoisotopic (exact) mass is 538 g/mol. The van der Waals surface area contributed by atoms with Crippen LogP contribution in [0, 0.1) is 0 Å². The Morgan fingerprint density at radius 3 is 1.58 bits per heavy atom. The zero-order valence-corrected chi connectivity index (χ0v) is 21.7. The van der Waals surface area contributed by atoms with Crippen LogP contribution in [0.15, 0.2) is 42.5 Å². The second kappa shape index (κ2) is 21.1. The molecule has 12 nitrogen and oxygen atoms in total. The van der Waals surface area contributed by atoms with E-state index in [1.165, 1.54) is 12.2 Å². The molecule has 12 heteroatoms. The third-order valence-electron chi connectivity index (χ3n) is 4.95. The fraction of sp³-hybridized carbons (Fsp3) is 0.577. The molecule has 0 atom stereocenters. The largest absolute Gasteiger partial charge is 0.445 e. The van der Waals surface area contributed by atoms with Crippen molar-refractivity contribution in [2.45, 2.75) is 6.61 Å². The third kappa shape index (κ3) is 15.4. The second-order valence-corrected chi connectivity index (χ2v) is 7.82. The highest BCUT2D eigenvalue weighted by Gasteiger charge is 2.22. The summed E-state index contributed by atoms with van der Waals surface area (Å²) < 4.78 is 37.5. The van der Waals surface area contributed by atoms with Gasteiger partial charge in [0.1, 0.15) is 6.61 Å². The van der Waals surface area contributed by atoms with Crippen molar-refractivity contribution in [1.29, 1.82) is 0 Å². The van der Waals surface area contributed by atoms with Crippen LogP contribution in [0.25, 0.3) is 0 Å². The predicted molar refractivity (Wildman–Crippen MR) is 135 cm³/mol. The van der Waals surface area contributed by atoms with Gasteiger partial charge in [0.2, 0.25) is 0 Å². The average molecular weight is 539 g/mol. The highest BCUT2D eigenvalue weighted by molar-refractivity contribution is 6.12. The topological polar surface area (TPSA) is 131 Å². The number of nitrogens with one attached hydrogen (secondary N) is 1. The number of hydrogen-bond acceptors (Lipinski definition) is 10. The van der Waals surface area contributed by atoms with Crippen LogP contribution >= 0.6 is 0 Å². The van der Waals surface area contributed by atoms with Crippen LogP contribution in [-0.4, -0.2) is 115 Å². The smallest absolute Gasteiger partial charge is 0.407 e. The molecule has 1 aromatic rings. The van der Waals surface area contributed by atoms with Crippen LogP contribution in [-0.2, 0) is 49.4 Å². The van der Waals surface area contributed by atoms with Crippen LogP contribution in [0.3, 0.4) is 0 Å². The Labute approximate surface area is 223 Å². The average Bonchev–Trinajstić information content (AvgIpc) is 3.25. The number of nitrogens with zero attached hydrogens (tertiary/aromatic N) is 1. The van der Waals surface area contributed by atoms with Gasteiger partial charge in [0.15, 0.2) is 0 Å². The molecular weight excluding hydrogens is 500 g/mol. The molecule has 1 N–H and O–H groups in total. The van der Waals surface area contributed by atoms with Gasteiger partial charge in [-0.05, 0) is 5.56 Å². The molecule has 1 aliphatic rings. The number of alkyl carbamates (subject to hydrolysis) is 1. The Balaban J connectivity index is 1.21. The third-order valence-corrected chi connectivity index (χ3v) is 4.95. The van der Waals surface area contributed by atoms with Gasteiger partial charge in [0.05, 0.1) is 85.8 Å². The van der Waals surface area contributed by atoms with E-state index in [-0.39, 0.29) is 31.6 Å². The molecule has 0 unspecified atom stereocenters. The first-order valence-electron chi connectivity index (χ1n) is 12.6. The number of hydrogen-bond donors (Lipinski definition) is 1. The summed E-state index contributed by atoms with van der Waals surface area (Å²) in [7, 11) is 0. The van der Waals surface area contributed by atoms with Crippen LogP contribution < -0.4 is 5.32 Å². The molecule has 0 aliphatic carbocycles. The van der Waals surface area contributed by atoms with Crippen molar-refractivity contribution in [3.63, 3.8) is 0 Å². The maximum absolute atomic E-state index is 11.6. The van der Waals surface area contributed by atoms with Crippen molar-refractivity contribution in [2.24, 2.45) is 0 Å². The minimum Gasteiger partial charge on any atom is -0.445 e. The number of rotatable bonds is 23. The molecule has 212 valence electrons. The number of amides is 3. The van der Waals surface area contributed by atoms with Gasteiger partial charge in [0, 0.05) is 18.7 Å². The Morgan fingerprint density at radius 1 is 0.632 bits per heavy atom. The van der Waals surface area contributed by atoms with Gasteiger partial charge in [0.25, 0.3) is 11.8 Å². The van der Waals surface area contributed by atoms with Gasteiger partial charge >= 0.3 is 6.09 Å². The SMILES string of the molecule is O=C(NCCOCCOCCOCCOCCOCCOCCN1C(=O)C=CC1=O)OCc1ccccc1. The van der Waals surface area contributed by atoms with Crippen LogP contribution in [0.2, 0.25) is 0 Å². The molecule has 1 heterocycles. The number of carbonyl (C=O) groups excluding carboxylic acids is 3. The van der Waals surface area contributed by atoms with E-state index in [0.29, 0.717) is 79.2 Å². The van der Waals surface area contributed by atoms with Gasteiger partial charge in [-0.2, -0.15) is 0 Å². The van der Waals surface area contributed by atoms with E-state index < -0.39 is 6.09 Å². The van der Waals surface area contributed by atoms with Crippen molar-refractivity contribution in [3.05, 3.63) is 48.0 Å². The molecule has 0 spiro atoms. The summed E-state index contributed by atoms with van der Waals surface area (Å²) in [6, 6.07) is 9.47. The molecule has 1 aromatic carbocycles. The molecule has 0 fully saturated rings. The summed E-state index contributed by atoms with van der Waals surface area (Å²) in [6.45, 7) is 5.80. The molecule has 0 bridgehead atoms. The summed E-state index contributed by atoms with van der Waals surface area (Å²) in [5.41, 5.74) is 0.931. The maximum Gasteiger partial charge on any atom is 0.407 e. The predicted octanol–water partition coefficient (Wildman–Crippen LogP) is 0.937. The van der Waals surface area contributed by atoms with E-state index in [9.17, 15) is 14.4 Å². The standard InChI is InChI=1S/C26H38N2O10/c29-24-6-7-25(30)28(24)9-11-33-13-15-35-17-19-37-21-20-36-18-16-34-14-12-32-10-8-27-26(31)38-22-23-4-2-1-3-5-23/h1-7H,8-22H2,(H,27,31). The van der Waals surface area contributed by atoms with Crippen molar-refractivity contribution in [3.8, 4) is 0 Å². The minimum absolute atomic E-state index is 0.232. The molecule has 0 saturated heterocycles. The van der Waals surface area contributed by atoms with E-state index in [0.717, 1.165) is 10.5 Å². The lowest BCUT2D eigenvalue weighted by atomic mass is 10.2. The lowest BCUT2D eigenvalue weighted by molar-refractivity contribution is -0.137. The lowest BCUT2D eigenvalue weighted by Crippen LogP contribution is -2.33. The molecule has 2 rings (SSSR count). The Morgan fingerprint density at radius 2 is 1.08 bits per heavy atom. The quantitative estimate of drug-likeness (QED) is 0.159. The molecule has 0 saturated carbocycles. The molecule has 3 amide bonds. The summed E-state index contributed by atoms with van der Waals surface area (Å²) in [5, 5.41) is 2.63. The number of carbonyl (C=O) groups is 3. The van der Waals surface area contributed by atoms with E-state index >= 15 is 0 Å². The van der Waals surface area contributed by atoms with Crippen molar-refractivity contribution >= 4 is 17.9 Å². The second-order valence-electron chi connectivity index (χ2n) is 7.82. The first-order chi connectivity index (χ1) is 18.7. The van der Waals surface area contributed by atoms with Crippen molar-refractivity contribution < 1.29 is 47.5 Å². The van der Waals surface area contributed by atoms with Gasteiger partial charge in [-0.1, -0.05) is 30.3 Å². The van der Waals surface area contributed by atoms with Crippen molar-refractivity contribution in [1.82, 2.24) is 10.2 Å². The fourth-order valence-electron chi connectivity index (χ4n) is 3.01. The highest BCUT2D eigenvalue weighted by Crippen LogP contribution is 2.02. The van der Waals surface area contributed by atoms with Gasteiger partial charge < -0.3 is 38.5 Å². The van der Waals surface area contributed by atoms with Crippen LogP contribution in [0.1, 0.15) is 5.56 Å².